The number of hydrogen-bond donors (Lipinski definition) is 1. The van der Waals surface area contributed by atoms with E-state index in [1.807, 2.05) is 13.8 Å². The van der Waals surface area contributed by atoms with Crippen molar-refractivity contribution in [3.8, 4) is 11.3 Å². The molecule has 1 aliphatic carbocycles. The molecule has 0 saturated heterocycles. The molecule has 1 aromatic carbocycles. The summed E-state index contributed by atoms with van der Waals surface area (Å²) < 4.78 is 18.7. The fourth-order valence-corrected chi connectivity index (χ4v) is 2.99. The molecule has 1 fully saturated rings. The van der Waals surface area contributed by atoms with E-state index in [0.29, 0.717) is 24.1 Å². The number of hydrogen-bond acceptors (Lipinski definition) is 6. The van der Waals surface area contributed by atoms with E-state index in [2.05, 4.69) is 14.7 Å². The van der Waals surface area contributed by atoms with Crippen molar-refractivity contribution in [3.63, 3.8) is 0 Å². The maximum absolute atomic E-state index is 14.2. The highest BCUT2D eigenvalue weighted by Crippen LogP contribution is 2.32. The summed E-state index contributed by atoms with van der Waals surface area (Å²) in [5, 5.41) is 0. The lowest BCUT2D eigenvalue weighted by Gasteiger charge is -2.20. The predicted octanol–water partition coefficient (Wildman–Crippen LogP) is 3.90. The molecule has 2 N–H and O–H groups in total. The standard InChI is InChI=1S/C18H18FN3O3.C2H6/c1-25-18(24)13-7-4-11(8-14(13)19)16-17(20)21-9-15(22-16)10-2-5-12(23)6-3-10;1-2/h4,7-10H,2-3,5-6H2,1H3,(H2,20,21);1-2H3. The number of nitrogen functional groups attached to an aromatic ring is 1. The first-order chi connectivity index (χ1) is 13.0. The average molecular weight is 373 g/mol. The SMILES string of the molecule is CC.COC(=O)c1ccc(-c2nc(C3CCC(=O)CC3)cnc2N)cc1F. The number of ether oxygens (including phenoxy) is 1. The van der Waals surface area contributed by atoms with Gasteiger partial charge < -0.3 is 10.5 Å². The fourth-order valence-electron chi connectivity index (χ4n) is 2.99. The summed E-state index contributed by atoms with van der Waals surface area (Å²) in [6, 6.07) is 4.09. The number of carbonyl (C=O) groups excluding carboxylic acids is 2. The molecule has 0 spiro atoms. The largest absolute Gasteiger partial charge is 0.465 e. The van der Waals surface area contributed by atoms with Gasteiger partial charge in [0.05, 0.1) is 24.6 Å². The lowest BCUT2D eigenvalue weighted by atomic mass is 9.86. The van der Waals surface area contributed by atoms with Gasteiger partial charge in [-0.1, -0.05) is 19.9 Å². The van der Waals surface area contributed by atoms with Crippen molar-refractivity contribution in [2.45, 2.75) is 45.4 Å². The van der Waals surface area contributed by atoms with E-state index >= 15 is 0 Å². The molecular weight excluding hydrogens is 349 g/mol. The molecule has 0 radical (unpaired) electrons. The highest BCUT2D eigenvalue weighted by molar-refractivity contribution is 5.90. The minimum Gasteiger partial charge on any atom is -0.465 e. The topological polar surface area (TPSA) is 95.2 Å². The van der Waals surface area contributed by atoms with Crippen molar-refractivity contribution in [2.24, 2.45) is 0 Å². The van der Waals surface area contributed by atoms with Gasteiger partial charge in [-0.2, -0.15) is 0 Å². The first-order valence-electron chi connectivity index (χ1n) is 9.02. The summed E-state index contributed by atoms with van der Waals surface area (Å²) in [4.78, 5) is 31.6. The van der Waals surface area contributed by atoms with Gasteiger partial charge in [0.15, 0.2) is 0 Å². The molecular formula is C20H24FN3O3. The summed E-state index contributed by atoms with van der Waals surface area (Å²) in [6.45, 7) is 4.00. The van der Waals surface area contributed by atoms with Gasteiger partial charge in [0, 0.05) is 24.3 Å². The van der Waals surface area contributed by atoms with Gasteiger partial charge in [0.25, 0.3) is 0 Å². The average Bonchev–Trinajstić information content (AvgIpc) is 2.70. The predicted molar refractivity (Wildman–Crippen MR) is 101 cm³/mol. The number of aromatic nitrogens is 2. The number of ketones is 1. The molecule has 3 rings (SSSR count). The van der Waals surface area contributed by atoms with E-state index in [9.17, 15) is 14.0 Å². The zero-order chi connectivity index (χ0) is 20.0. The number of anilines is 1. The number of nitrogens with zero attached hydrogens (tertiary/aromatic N) is 2. The smallest absolute Gasteiger partial charge is 0.340 e. The Labute approximate surface area is 158 Å². The van der Waals surface area contributed by atoms with Crippen LogP contribution in [0.4, 0.5) is 10.2 Å². The van der Waals surface area contributed by atoms with Gasteiger partial charge in [-0.25, -0.2) is 19.2 Å². The summed E-state index contributed by atoms with van der Waals surface area (Å²) in [5.41, 5.74) is 7.30. The molecule has 0 unspecified atom stereocenters. The lowest BCUT2D eigenvalue weighted by molar-refractivity contribution is -0.120. The molecule has 144 valence electrons. The quantitative estimate of drug-likeness (QED) is 0.820. The maximum atomic E-state index is 14.2. The van der Waals surface area contributed by atoms with Crippen molar-refractivity contribution in [1.82, 2.24) is 9.97 Å². The van der Waals surface area contributed by atoms with Crippen molar-refractivity contribution in [1.29, 1.82) is 0 Å². The van der Waals surface area contributed by atoms with Gasteiger partial charge >= 0.3 is 5.97 Å². The van der Waals surface area contributed by atoms with E-state index in [1.165, 1.54) is 19.2 Å². The highest BCUT2D eigenvalue weighted by Gasteiger charge is 2.23. The number of benzene rings is 1. The second-order valence-electron chi connectivity index (χ2n) is 6.03. The van der Waals surface area contributed by atoms with Gasteiger partial charge in [0.2, 0.25) is 0 Å². The maximum Gasteiger partial charge on any atom is 0.340 e. The van der Waals surface area contributed by atoms with Gasteiger partial charge in [0.1, 0.15) is 23.1 Å². The number of halogens is 1. The van der Waals surface area contributed by atoms with E-state index in [-0.39, 0.29) is 23.1 Å². The number of carbonyl (C=O) groups is 2. The third kappa shape index (κ3) is 4.67. The lowest BCUT2D eigenvalue weighted by Crippen LogP contribution is -2.14. The Morgan fingerprint density at radius 1 is 1.26 bits per heavy atom. The number of Topliss-reactive ketones (excluding diaryl/α,β-unsaturated/α-hetero) is 1. The van der Waals surface area contributed by atoms with E-state index in [1.54, 1.807) is 12.3 Å². The Bertz CT molecular complexity index is 829. The Kier molecular flexibility index (Phi) is 6.98. The third-order valence-corrected chi connectivity index (χ3v) is 4.43. The second kappa shape index (κ2) is 9.21. The summed E-state index contributed by atoms with van der Waals surface area (Å²) >= 11 is 0. The van der Waals surface area contributed by atoms with Crippen LogP contribution < -0.4 is 5.73 Å². The third-order valence-electron chi connectivity index (χ3n) is 4.43. The van der Waals surface area contributed by atoms with Crippen molar-refractivity contribution in [2.75, 3.05) is 12.8 Å². The van der Waals surface area contributed by atoms with Crippen LogP contribution >= 0.6 is 0 Å². The van der Waals surface area contributed by atoms with E-state index < -0.39 is 11.8 Å². The van der Waals surface area contributed by atoms with Crippen LogP contribution in [-0.2, 0) is 9.53 Å². The molecule has 0 aliphatic heterocycles. The van der Waals surface area contributed by atoms with Crippen LogP contribution in [0.5, 0.6) is 0 Å². The number of rotatable bonds is 3. The highest BCUT2D eigenvalue weighted by atomic mass is 19.1. The minimum atomic E-state index is -0.747. The van der Waals surface area contributed by atoms with E-state index in [0.717, 1.165) is 18.5 Å². The van der Waals surface area contributed by atoms with Crippen LogP contribution in [0.2, 0.25) is 0 Å². The first kappa shape index (κ1) is 20.5. The van der Waals surface area contributed by atoms with Crippen LogP contribution in [0, 0.1) is 5.82 Å². The zero-order valence-corrected chi connectivity index (χ0v) is 15.8. The molecule has 7 heteroatoms. The number of nitrogens with two attached hydrogens (primary N) is 1. The zero-order valence-electron chi connectivity index (χ0n) is 15.8. The van der Waals surface area contributed by atoms with Crippen LogP contribution in [0.15, 0.2) is 24.4 Å². The Hall–Kier alpha value is -2.83. The Morgan fingerprint density at radius 2 is 1.93 bits per heavy atom. The number of esters is 1. The van der Waals surface area contributed by atoms with Crippen LogP contribution in [0.25, 0.3) is 11.3 Å². The normalized spacial score (nSPS) is 14.3. The van der Waals surface area contributed by atoms with Gasteiger partial charge in [-0.15, -0.1) is 0 Å². The molecule has 1 heterocycles. The van der Waals surface area contributed by atoms with E-state index in [4.69, 9.17) is 5.73 Å². The molecule has 0 atom stereocenters. The fraction of sp³-hybridized carbons (Fsp3) is 0.400. The Morgan fingerprint density at radius 3 is 2.52 bits per heavy atom. The molecule has 1 saturated carbocycles. The Balaban J connectivity index is 0.00000126. The van der Waals surface area contributed by atoms with Gasteiger partial charge in [-0.05, 0) is 25.0 Å². The molecule has 0 bridgehead atoms. The molecule has 1 aromatic heterocycles. The van der Waals surface area contributed by atoms with Crippen LogP contribution in [-0.4, -0.2) is 28.8 Å². The van der Waals surface area contributed by atoms with Gasteiger partial charge in [-0.3, -0.25) is 4.79 Å². The van der Waals surface area contributed by atoms with Crippen LogP contribution in [0.3, 0.4) is 0 Å². The second-order valence-corrected chi connectivity index (χ2v) is 6.03. The summed E-state index contributed by atoms with van der Waals surface area (Å²) in [7, 11) is 1.19. The summed E-state index contributed by atoms with van der Waals surface area (Å²) in [5.74, 6) is -0.868. The van der Waals surface area contributed by atoms with Crippen LogP contribution in [0.1, 0.15) is 61.5 Å². The molecule has 1 aliphatic rings. The molecule has 2 aromatic rings. The monoisotopic (exact) mass is 373 g/mol. The number of methoxy groups -OCH3 is 1. The molecule has 0 amide bonds. The minimum absolute atomic E-state index is 0.142. The molecule has 6 nitrogen and oxygen atoms in total. The molecule has 27 heavy (non-hydrogen) atoms. The van der Waals surface area contributed by atoms with Crippen molar-refractivity contribution < 1.29 is 18.7 Å². The van der Waals surface area contributed by atoms with Crippen molar-refractivity contribution in [3.05, 3.63) is 41.5 Å². The summed E-state index contributed by atoms with van der Waals surface area (Å²) in [6.07, 6.45) is 4.14. The van der Waals surface area contributed by atoms with Crippen molar-refractivity contribution >= 4 is 17.6 Å². The first-order valence-corrected chi connectivity index (χ1v) is 9.02.